The van der Waals surface area contributed by atoms with Crippen LogP contribution >= 0.6 is 0 Å². The molecule has 1 aromatic rings. The zero-order valence-electron chi connectivity index (χ0n) is 11.7. The number of nitrogens with one attached hydrogen (secondary N) is 1. The smallest absolute Gasteiger partial charge is 0.278 e. The molecule has 0 spiro atoms. The van der Waals surface area contributed by atoms with E-state index in [2.05, 4.69) is 30.6 Å². The minimum atomic E-state index is -0.0712. The van der Waals surface area contributed by atoms with Crippen molar-refractivity contribution in [3.8, 4) is 0 Å². The van der Waals surface area contributed by atoms with Gasteiger partial charge in [-0.2, -0.15) is 0 Å². The standard InChI is InChI=1S/C16H22N2O.ClH/c1-3-12-17-15(16(19)18-13-4-2)11-10-14-8-6-5-7-9-14;/h3-9,15,17H,1-2,10-13H2,(H,18,19);1H/t15-;/m0./s1. The van der Waals surface area contributed by atoms with Gasteiger partial charge in [0.25, 0.3) is 5.91 Å². The van der Waals surface area contributed by atoms with Crippen LogP contribution in [0.15, 0.2) is 55.6 Å². The molecule has 0 aliphatic rings. The van der Waals surface area contributed by atoms with Gasteiger partial charge in [0.1, 0.15) is 0 Å². The first-order valence-electron chi connectivity index (χ1n) is 6.64. The fourth-order valence-electron chi connectivity index (χ4n) is 1.89. The van der Waals surface area contributed by atoms with Gasteiger partial charge in [-0.05, 0) is 18.1 Å². The van der Waals surface area contributed by atoms with Crippen molar-refractivity contribution in [1.29, 1.82) is 0 Å². The molecule has 0 fully saturated rings. The predicted octanol–water partition coefficient (Wildman–Crippen LogP) is -1.96. The van der Waals surface area contributed by atoms with Crippen LogP contribution in [0.3, 0.4) is 0 Å². The van der Waals surface area contributed by atoms with Gasteiger partial charge >= 0.3 is 0 Å². The Hall–Kier alpha value is -1.58. The average molecular weight is 295 g/mol. The Kier molecular flexibility index (Phi) is 10.4. The molecule has 0 aliphatic carbocycles. The first-order valence-corrected chi connectivity index (χ1v) is 6.64. The molecule has 0 heterocycles. The van der Waals surface area contributed by atoms with Gasteiger partial charge in [-0.1, -0.05) is 43.0 Å². The third-order valence-corrected chi connectivity index (χ3v) is 2.93. The molecule has 0 aliphatic heterocycles. The maximum Gasteiger partial charge on any atom is 0.278 e. The lowest BCUT2D eigenvalue weighted by molar-refractivity contribution is -0.668. The molecule has 3 N–H and O–H groups in total. The topological polar surface area (TPSA) is 45.7 Å². The lowest BCUT2D eigenvalue weighted by atomic mass is 10.0. The second-order valence-corrected chi connectivity index (χ2v) is 4.42. The molecule has 110 valence electrons. The van der Waals surface area contributed by atoms with E-state index < -0.39 is 0 Å². The van der Waals surface area contributed by atoms with Gasteiger partial charge in [0, 0.05) is 13.0 Å². The molecule has 0 saturated heterocycles. The molecular weight excluding hydrogens is 272 g/mol. The molecule has 1 aromatic carbocycles. The second-order valence-electron chi connectivity index (χ2n) is 4.42. The number of aryl methyl sites for hydroxylation is 1. The number of benzene rings is 1. The van der Waals surface area contributed by atoms with Gasteiger partial charge in [0.05, 0.1) is 6.54 Å². The molecule has 4 heteroatoms. The van der Waals surface area contributed by atoms with Crippen LogP contribution in [-0.2, 0) is 11.2 Å². The van der Waals surface area contributed by atoms with E-state index in [1.54, 1.807) is 6.08 Å². The van der Waals surface area contributed by atoms with Crippen LogP contribution in [0.2, 0.25) is 0 Å². The number of quaternary nitrogens is 1. The van der Waals surface area contributed by atoms with Gasteiger partial charge < -0.3 is 23.0 Å². The zero-order valence-corrected chi connectivity index (χ0v) is 12.5. The minimum Gasteiger partial charge on any atom is -1.00 e. The molecule has 0 unspecified atom stereocenters. The SMILES string of the molecule is C=CCNC(=O)[C@H](CCc1ccccc1)[NH2+]CC=C.[Cl-]. The zero-order chi connectivity index (χ0) is 13.9. The first-order chi connectivity index (χ1) is 9.27. The van der Waals surface area contributed by atoms with E-state index >= 15 is 0 Å². The molecule has 0 aromatic heterocycles. The number of nitrogens with two attached hydrogens (primary N) is 1. The molecule has 0 bridgehead atoms. The maximum absolute atomic E-state index is 12.0. The van der Waals surface area contributed by atoms with Crippen molar-refractivity contribution in [3.63, 3.8) is 0 Å². The number of hydrogen-bond acceptors (Lipinski definition) is 1. The quantitative estimate of drug-likeness (QED) is 0.511. The third kappa shape index (κ3) is 7.12. The summed E-state index contributed by atoms with van der Waals surface area (Å²) in [6, 6.07) is 10.2. The summed E-state index contributed by atoms with van der Waals surface area (Å²) in [5.41, 5.74) is 1.26. The van der Waals surface area contributed by atoms with E-state index in [1.807, 2.05) is 29.6 Å². The fourth-order valence-corrected chi connectivity index (χ4v) is 1.89. The predicted molar refractivity (Wildman–Crippen MR) is 78.7 cm³/mol. The van der Waals surface area contributed by atoms with E-state index in [4.69, 9.17) is 0 Å². The lowest BCUT2D eigenvalue weighted by Gasteiger charge is -2.14. The van der Waals surface area contributed by atoms with Crippen LogP contribution in [0.5, 0.6) is 0 Å². The van der Waals surface area contributed by atoms with Crippen molar-refractivity contribution in [2.75, 3.05) is 13.1 Å². The molecule has 20 heavy (non-hydrogen) atoms. The summed E-state index contributed by atoms with van der Waals surface area (Å²) in [6.45, 7) is 8.57. The van der Waals surface area contributed by atoms with E-state index in [0.717, 1.165) is 19.4 Å². The highest BCUT2D eigenvalue weighted by molar-refractivity contribution is 5.80. The summed E-state index contributed by atoms with van der Waals surface area (Å²) in [6.07, 6.45) is 5.23. The van der Waals surface area contributed by atoms with E-state index in [9.17, 15) is 4.79 Å². The number of hydrogen-bond donors (Lipinski definition) is 2. The molecule has 0 radical (unpaired) electrons. The number of halogens is 1. The second kappa shape index (κ2) is 11.3. The molecule has 3 nitrogen and oxygen atoms in total. The monoisotopic (exact) mass is 294 g/mol. The molecule has 1 amide bonds. The summed E-state index contributed by atoms with van der Waals surface area (Å²) in [7, 11) is 0. The van der Waals surface area contributed by atoms with E-state index in [0.29, 0.717) is 6.54 Å². The van der Waals surface area contributed by atoms with Crippen molar-refractivity contribution in [2.45, 2.75) is 18.9 Å². The van der Waals surface area contributed by atoms with Crippen molar-refractivity contribution in [2.24, 2.45) is 0 Å². The van der Waals surface area contributed by atoms with Crippen LogP contribution in [-0.4, -0.2) is 25.0 Å². The fraction of sp³-hybridized carbons (Fsp3) is 0.312. The van der Waals surface area contributed by atoms with Crippen LogP contribution in [0.1, 0.15) is 12.0 Å². The maximum atomic E-state index is 12.0. The number of rotatable bonds is 9. The van der Waals surface area contributed by atoms with Crippen LogP contribution in [0, 0.1) is 0 Å². The van der Waals surface area contributed by atoms with Crippen molar-refractivity contribution >= 4 is 5.91 Å². The average Bonchev–Trinajstić information content (AvgIpc) is 2.46. The molecule has 0 saturated carbocycles. The Balaban J connectivity index is 0.00000361. The summed E-state index contributed by atoms with van der Waals surface area (Å²) in [4.78, 5) is 12.0. The lowest BCUT2D eigenvalue weighted by Crippen LogP contribution is -3.00. The van der Waals surface area contributed by atoms with Crippen LogP contribution < -0.4 is 23.0 Å². The Bertz CT molecular complexity index is 406. The van der Waals surface area contributed by atoms with Crippen LogP contribution in [0.4, 0.5) is 0 Å². The first kappa shape index (κ1) is 18.4. The molecular formula is C16H23ClN2O. The Morgan fingerprint density at radius 2 is 1.95 bits per heavy atom. The minimum absolute atomic E-state index is 0. The highest BCUT2D eigenvalue weighted by Gasteiger charge is 2.20. The normalized spacial score (nSPS) is 11.0. The number of amides is 1. The van der Waals surface area contributed by atoms with E-state index in [1.165, 1.54) is 5.56 Å². The van der Waals surface area contributed by atoms with Gasteiger partial charge in [0.15, 0.2) is 6.04 Å². The van der Waals surface area contributed by atoms with Crippen molar-refractivity contribution < 1.29 is 22.5 Å². The number of carbonyl (C=O) groups is 1. The summed E-state index contributed by atoms with van der Waals surface area (Å²) < 4.78 is 0. The van der Waals surface area contributed by atoms with Crippen molar-refractivity contribution in [1.82, 2.24) is 5.32 Å². The van der Waals surface area contributed by atoms with Gasteiger partial charge in [-0.25, -0.2) is 0 Å². The van der Waals surface area contributed by atoms with Crippen molar-refractivity contribution in [3.05, 3.63) is 61.2 Å². The highest BCUT2D eigenvalue weighted by Crippen LogP contribution is 2.03. The Morgan fingerprint density at radius 3 is 2.55 bits per heavy atom. The summed E-state index contributed by atoms with van der Waals surface area (Å²) >= 11 is 0. The summed E-state index contributed by atoms with van der Waals surface area (Å²) in [5.74, 6) is 0.0673. The largest absolute Gasteiger partial charge is 1.00 e. The summed E-state index contributed by atoms with van der Waals surface area (Å²) in [5, 5.41) is 4.88. The third-order valence-electron chi connectivity index (χ3n) is 2.93. The Labute approximate surface area is 127 Å². The van der Waals surface area contributed by atoms with Gasteiger partial charge in [0.2, 0.25) is 0 Å². The van der Waals surface area contributed by atoms with Gasteiger partial charge in [-0.3, -0.25) is 4.79 Å². The van der Waals surface area contributed by atoms with Gasteiger partial charge in [-0.15, -0.1) is 6.58 Å². The van der Waals surface area contributed by atoms with Crippen LogP contribution in [0.25, 0.3) is 0 Å². The molecule has 1 atom stereocenters. The highest BCUT2D eigenvalue weighted by atomic mass is 35.5. The Morgan fingerprint density at radius 1 is 1.25 bits per heavy atom. The van der Waals surface area contributed by atoms with E-state index in [-0.39, 0.29) is 24.4 Å². The number of carbonyl (C=O) groups excluding carboxylic acids is 1. The molecule has 1 rings (SSSR count).